The third-order valence-corrected chi connectivity index (χ3v) is 3.18. The van der Waals surface area contributed by atoms with Gasteiger partial charge in [-0.05, 0) is 61.4 Å². The fourth-order valence-corrected chi connectivity index (χ4v) is 1.83. The van der Waals surface area contributed by atoms with Gasteiger partial charge < -0.3 is 10.2 Å². The first kappa shape index (κ1) is 12.5. The molecule has 0 unspecified atom stereocenters. The van der Waals surface area contributed by atoms with Gasteiger partial charge in [-0.1, -0.05) is 6.07 Å². The Bertz CT molecular complexity index is 527. The van der Waals surface area contributed by atoms with Crippen LogP contribution in [-0.4, -0.2) is 14.1 Å². The van der Waals surface area contributed by atoms with Crippen LogP contribution in [0.3, 0.4) is 0 Å². The molecule has 0 aliphatic heterocycles. The highest BCUT2D eigenvalue weighted by Gasteiger charge is 1.99. The van der Waals surface area contributed by atoms with E-state index in [0.717, 1.165) is 11.4 Å². The number of hydrogen-bond acceptors (Lipinski definition) is 2. The average Bonchev–Trinajstić information content (AvgIpc) is 2.34. The molecule has 0 aromatic heterocycles. The molecule has 0 spiro atoms. The molecule has 2 rings (SSSR count). The van der Waals surface area contributed by atoms with Gasteiger partial charge in [0.05, 0.1) is 0 Å². The number of anilines is 3. The van der Waals surface area contributed by atoms with Crippen molar-refractivity contribution in [3.63, 3.8) is 0 Å². The monoisotopic (exact) mass is 240 g/mol. The zero-order valence-corrected chi connectivity index (χ0v) is 11.5. The Morgan fingerprint density at radius 1 is 0.778 bits per heavy atom. The Kier molecular flexibility index (Phi) is 3.56. The van der Waals surface area contributed by atoms with Crippen LogP contribution in [0.15, 0.2) is 42.5 Å². The van der Waals surface area contributed by atoms with Crippen molar-refractivity contribution in [1.82, 2.24) is 0 Å². The van der Waals surface area contributed by atoms with Gasteiger partial charge in [0.2, 0.25) is 0 Å². The Labute approximate surface area is 109 Å². The molecule has 0 fully saturated rings. The van der Waals surface area contributed by atoms with Gasteiger partial charge in [0, 0.05) is 31.2 Å². The molecule has 0 bridgehead atoms. The van der Waals surface area contributed by atoms with Crippen LogP contribution in [0.4, 0.5) is 17.1 Å². The number of benzene rings is 2. The molecule has 0 atom stereocenters. The highest BCUT2D eigenvalue weighted by molar-refractivity contribution is 5.63. The van der Waals surface area contributed by atoms with Crippen molar-refractivity contribution in [1.29, 1.82) is 0 Å². The second-order valence-corrected chi connectivity index (χ2v) is 4.87. The first-order valence-corrected chi connectivity index (χ1v) is 6.18. The molecule has 2 aromatic carbocycles. The molecule has 0 saturated heterocycles. The predicted octanol–water partition coefficient (Wildman–Crippen LogP) is 4.11. The third-order valence-electron chi connectivity index (χ3n) is 3.18. The van der Waals surface area contributed by atoms with Crippen LogP contribution in [0.2, 0.25) is 0 Å². The molecule has 2 aromatic rings. The Hall–Kier alpha value is -1.96. The molecule has 94 valence electrons. The number of aryl methyl sites for hydroxylation is 2. The number of nitrogens with one attached hydrogen (secondary N) is 1. The van der Waals surface area contributed by atoms with Crippen LogP contribution in [-0.2, 0) is 0 Å². The van der Waals surface area contributed by atoms with Crippen molar-refractivity contribution in [3.8, 4) is 0 Å². The second kappa shape index (κ2) is 5.13. The van der Waals surface area contributed by atoms with Gasteiger partial charge in [0.15, 0.2) is 0 Å². The van der Waals surface area contributed by atoms with Crippen molar-refractivity contribution in [3.05, 3.63) is 53.6 Å². The molecule has 2 heteroatoms. The average molecular weight is 240 g/mol. The van der Waals surface area contributed by atoms with Gasteiger partial charge in [-0.2, -0.15) is 0 Å². The maximum Gasteiger partial charge on any atom is 0.0387 e. The summed E-state index contributed by atoms with van der Waals surface area (Å²) in [6, 6.07) is 14.9. The first-order valence-electron chi connectivity index (χ1n) is 6.18. The van der Waals surface area contributed by atoms with Gasteiger partial charge in [-0.15, -0.1) is 0 Å². The maximum atomic E-state index is 3.42. The Morgan fingerprint density at radius 3 is 1.94 bits per heavy atom. The normalized spacial score (nSPS) is 10.2. The zero-order chi connectivity index (χ0) is 13.1. The van der Waals surface area contributed by atoms with Crippen molar-refractivity contribution in [2.75, 3.05) is 24.3 Å². The Morgan fingerprint density at radius 2 is 1.39 bits per heavy atom. The molecule has 1 N–H and O–H groups in total. The summed E-state index contributed by atoms with van der Waals surface area (Å²) in [7, 11) is 4.09. The van der Waals surface area contributed by atoms with E-state index in [1.807, 2.05) is 14.1 Å². The SMILES string of the molecule is Cc1ccc(Nc2ccc(N(C)C)cc2)cc1C. The van der Waals surface area contributed by atoms with Crippen molar-refractivity contribution in [2.24, 2.45) is 0 Å². The van der Waals surface area contributed by atoms with Crippen molar-refractivity contribution >= 4 is 17.1 Å². The van der Waals surface area contributed by atoms with Crippen LogP contribution in [0.1, 0.15) is 11.1 Å². The molecule has 0 aliphatic rings. The van der Waals surface area contributed by atoms with E-state index in [-0.39, 0.29) is 0 Å². The fraction of sp³-hybridized carbons (Fsp3) is 0.250. The summed E-state index contributed by atoms with van der Waals surface area (Å²) in [6.07, 6.45) is 0. The van der Waals surface area contributed by atoms with Crippen LogP contribution in [0.25, 0.3) is 0 Å². The number of rotatable bonds is 3. The fourth-order valence-electron chi connectivity index (χ4n) is 1.83. The molecule has 0 heterocycles. The minimum Gasteiger partial charge on any atom is -0.378 e. The number of hydrogen-bond donors (Lipinski definition) is 1. The smallest absolute Gasteiger partial charge is 0.0387 e. The van der Waals surface area contributed by atoms with Crippen LogP contribution >= 0.6 is 0 Å². The highest BCUT2D eigenvalue weighted by atomic mass is 15.1. The summed E-state index contributed by atoms with van der Waals surface area (Å²) in [5, 5.41) is 3.42. The van der Waals surface area contributed by atoms with E-state index >= 15 is 0 Å². The maximum absolute atomic E-state index is 3.42. The molecule has 0 saturated carbocycles. The zero-order valence-electron chi connectivity index (χ0n) is 11.5. The molecule has 2 nitrogen and oxygen atoms in total. The van der Waals surface area contributed by atoms with E-state index in [2.05, 4.69) is 66.5 Å². The number of nitrogens with zero attached hydrogens (tertiary/aromatic N) is 1. The van der Waals surface area contributed by atoms with E-state index in [1.54, 1.807) is 0 Å². The minimum absolute atomic E-state index is 1.11. The van der Waals surface area contributed by atoms with Crippen LogP contribution in [0, 0.1) is 13.8 Å². The lowest BCUT2D eigenvalue weighted by molar-refractivity contribution is 1.13. The predicted molar refractivity (Wildman–Crippen MR) is 80.0 cm³/mol. The van der Waals surface area contributed by atoms with E-state index in [1.165, 1.54) is 16.8 Å². The van der Waals surface area contributed by atoms with Crippen LogP contribution < -0.4 is 10.2 Å². The summed E-state index contributed by atoms with van der Waals surface area (Å²) in [6.45, 7) is 4.26. The van der Waals surface area contributed by atoms with Crippen LogP contribution in [0.5, 0.6) is 0 Å². The topological polar surface area (TPSA) is 15.3 Å². The van der Waals surface area contributed by atoms with E-state index < -0.39 is 0 Å². The van der Waals surface area contributed by atoms with Gasteiger partial charge in [-0.3, -0.25) is 0 Å². The molecular formula is C16H20N2. The molecule has 0 amide bonds. The Balaban J connectivity index is 2.15. The highest BCUT2D eigenvalue weighted by Crippen LogP contribution is 2.21. The van der Waals surface area contributed by atoms with Gasteiger partial charge >= 0.3 is 0 Å². The van der Waals surface area contributed by atoms with Gasteiger partial charge in [0.1, 0.15) is 0 Å². The molecule has 0 radical (unpaired) electrons. The lowest BCUT2D eigenvalue weighted by Gasteiger charge is -2.14. The standard InChI is InChI=1S/C16H20N2/c1-12-5-6-15(11-13(12)2)17-14-7-9-16(10-8-14)18(3)4/h5-11,17H,1-4H3. The summed E-state index contributed by atoms with van der Waals surface area (Å²) in [5.41, 5.74) is 6.09. The molecular weight excluding hydrogens is 220 g/mol. The van der Waals surface area contributed by atoms with Crippen molar-refractivity contribution in [2.45, 2.75) is 13.8 Å². The van der Waals surface area contributed by atoms with Gasteiger partial charge in [-0.25, -0.2) is 0 Å². The lowest BCUT2D eigenvalue weighted by Crippen LogP contribution is -2.08. The van der Waals surface area contributed by atoms with E-state index in [0.29, 0.717) is 0 Å². The summed E-state index contributed by atoms with van der Waals surface area (Å²) in [5.74, 6) is 0. The molecule has 18 heavy (non-hydrogen) atoms. The van der Waals surface area contributed by atoms with E-state index in [9.17, 15) is 0 Å². The van der Waals surface area contributed by atoms with Gasteiger partial charge in [0.25, 0.3) is 0 Å². The quantitative estimate of drug-likeness (QED) is 0.868. The van der Waals surface area contributed by atoms with E-state index in [4.69, 9.17) is 0 Å². The summed E-state index contributed by atoms with van der Waals surface area (Å²) < 4.78 is 0. The largest absolute Gasteiger partial charge is 0.378 e. The minimum atomic E-state index is 1.11. The first-order chi connectivity index (χ1) is 8.56. The van der Waals surface area contributed by atoms with Crippen molar-refractivity contribution < 1.29 is 0 Å². The summed E-state index contributed by atoms with van der Waals surface area (Å²) >= 11 is 0. The second-order valence-electron chi connectivity index (χ2n) is 4.87. The molecule has 0 aliphatic carbocycles. The lowest BCUT2D eigenvalue weighted by atomic mass is 10.1. The third kappa shape index (κ3) is 2.83. The summed E-state index contributed by atoms with van der Waals surface area (Å²) in [4.78, 5) is 2.10.